The van der Waals surface area contributed by atoms with Gasteiger partial charge in [0.25, 0.3) is 5.91 Å². The molecule has 0 fully saturated rings. The monoisotopic (exact) mass is 441 g/mol. The fourth-order valence-electron chi connectivity index (χ4n) is 3.83. The van der Waals surface area contributed by atoms with E-state index in [1.165, 1.54) is 7.11 Å². The number of benzene rings is 2. The summed E-state index contributed by atoms with van der Waals surface area (Å²) >= 11 is 0. The number of nitrogens with zero attached hydrogens (tertiary/aromatic N) is 1. The van der Waals surface area contributed by atoms with Crippen LogP contribution in [0.1, 0.15) is 40.4 Å². The zero-order valence-corrected chi connectivity index (χ0v) is 19.7. The number of esters is 2. The van der Waals surface area contributed by atoms with E-state index in [0.29, 0.717) is 17.7 Å². The maximum Gasteiger partial charge on any atom is 0.362 e. The molecule has 7 heteroatoms. The van der Waals surface area contributed by atoms with Crippen LogP contribution in [0.3, 0.4) is 0 Å². The summed E-state index contributed by atoms with van der Waals surface area (Å²) in [4.78, 5) is 37.9. The molecule has 1 atom stereocenters. The van der Waals surface area contributed by atoms with E-state index in [1.54, 1.807) is 6.07 Å². The maximum absolute atomic E-state index is 13.2. The molecule has 1 amide bonds. The van der Waals surface area contributed by atoms with Gasteiger partial charge in [-0.1, -0.05) is 43.3 Å². The highest BCUT2D eigenvalue weighted by atomic mass is 16.5. The van der Waals surface area contributed by atoms with Crippen molar-refractivity contribution in [3.05, 3.63) is 64.7 Å². The number of rotatable bonds is 9. The average molecular weight is 442 g/mol. The minimum absolute atomic E-state index is 0.0372. The van der Waals surface area contributed by atoms with Crippen molar-refractivity contribution in [3.8, 4) is 0 Å². The smallest absolute Gasteiger partial charge is 0.362 e. The first-order valence-corrected chi connectivity index (χ1v) is 10.6. The third-order valence-electron chi connectivity index (χ3n) is 5.45. The molecule has 0 aromatic heterocycles. The fraction of sp³-hybridized carbons (Fsp3) is 0.400. The van der Waals surface area contributed by atoms with Gasteiger partial charge in [-0.25, -0.2) is 9.59 Å². The number of carbonyl (C=O) groups is 3. The third-order valence-corrected chi connectivity index (χ3v) is 5.45. The Morgan fingerprint density at radius 3 is 2.31 bits per heavy atom. The Balaban J connectivity index is 2.14. The molecule has 2 aromatic carbocycles. The zero-order valence-electron chi connectivity index (χ0n) is 19.7. The molecule has 7 nitrogen and oxygen atoms in total. The number of nitrogens with one attached hydrogen (secondary N) is 1. The number of quaternary nitrogens is 1. The molecule has 0 saturated heterocycles. The van der Waals surface area contributed by atoms with Crippen molar-refractivity contribution in [1.82, 2.24) is 0 Å². The maximum atomic E-state index is 13.2. The number of ether oxygens (including phenoxy) is 2. The first-order chi connectivity index (χ1) is 15.1. The highest BCUT2D eigenvalue weighted by molar-refractivity contribution is 6.03. The molecule has 1 N–H and O–H groups in total. The lowest BCUT2D eigenvalue weighted by Gasteiger charge is -2.35. The van der Waals surface area contributed by atoms with E-state index in [2.05, 4.69) is 5.32 Å². The van der Waals surface area contributed by atoms with E-state index in [-0.39, 0.29) is 29.5 Å². The van der Waals surface area contributed by atoms with Crippen molar-refractivity contribution >= 4 is 23.5 Å². The molecule has 0 saturated carbocycles. The molecule has 0 aliphatic rings. The molecular formula is C25H33N2O5+. The third kappa shape index (κ3) is 6.40. The summed E-state index contributed by atoms with van der Waals surface area (Å²) in [5.74, 6) is -1.17. The number of methoxy groups -OCH3 is 1. The van der Waals surface area contributed by atoms with E-state index in [4.69, 9.17) is 9.47 Å². The second-order valence-electron chi connectivity index (χ2n) is 8.49. The minimum atomic E-state index is -0.523. The Morgan fingerprint density at radius 1 is 1.06 bits per heavy atom. The first kappa shape index (κ1) is 25.1. The van der Waals surface area contributed by atoms with Gasteiger partial charge in [-0.3, -0.25) is 4.79 Å². The standard InChI is InChI=1S/C25H32N2O5/c1-7-21(27(4,5)15-22(28)32-16-19-11-9-8-10-12-19)24(29)26-23-18(3)13-17(2)14-20(23)25(30)31-6/h8-14,21H,7,15-16H2,1-6H3/p+1. The predicted octanol–water partition coefficient (Wildman–Crippen LogP) is 3.63. The van der Waals surface area contributed by atoms with Crippen LogP contribution in [0.15, 0.2) is 42.5 Å². The number of likely N-dealkylation sites (N-methyl/N-ethyl adjacent to an activating group) is 1. The van der Waals surface area contributed by atoms with E-state index < -0.39 is 12.0 Å². The summed E-state index contributed by atoms with van der Waals surface area (Å²) in [5.41, 5.74) is 3.30. The summed E-state index contributed by atoms with van der Waals surface area (Å²) in [6, 6.07) is 12.5. The van der Waals surface area contributed by atoms with Crippen LogP contribution in [-0.2, 0) is 25.7 Å². The van der Waals surface area contributed by atoms with Crippen molar-refractivity contribution < 1.29 is 28.3 Å². The van der Waals surface area contributed by atoms with Crippen molar-refractivity contribution in [1.29, 1.82) is 0 Å². The summed E-state index contributed by atoms with van der Waals surface area (Å²) < 4.78 is 10.4. The van der Waals surface area contributed by atoms with Crippen LogP contribution >= 0.6 is 0 Å². The van der Waals surface area contributed by atoms with Gasteiger partial charge in [0.05, 0.1) is 32.5 Å². The van der Waals surface area contributed by atoms with Crippen molar-refractivity contribution in [2.75, 3.05) is 33.1 Å². The first-order valence-electron chi connectivity index (χ1n) is 10.6. The molecule has 0 bridgehead atoms. The second-order valence-corrected chi connectivity index (χ2v) is 8.49. The van der Waals surface area contributed by atoms with Gasteiger partial charge in [-0.15, -0.1) is 0 Å². The number of hydrogen-bond acceptors (Lipinski definition) is 5. The Morgan fingerprint density at radius 2 is 1.72 bits per heavy atom. The average Bonchev–Trinajstić information content (AvgIpc) is 2.74. The van der Waals surface area contributed by atoms with Gasteiger partial charge in [0, 0.05) is 6.42 Å². The van der Waals surface area contributed by atoms with Gasteiger partial charge in [0.2, 0.25) is 0 Å². The normalized spacial score (nSPS) is 12.1. The van der Waals surface area contributed by atoms with E-state index in [1.807, 2.05) is 71.3 Å². The highest BCUT2D eigenvalue weighted by Crippen LogP contribution is 2.25. The molecule has 1 unspecified atom stereocenters. The lowest BCUT2D eigenvalue weighted by atomic mass is 10.0. The van der Waals surface area contributed by atoms with Crippen LogP contribution in [0.2, 0.25) is 0 Å². The molecule has 0 heterocycles. The largest absolute Gasteiger partial charge is 0.465 e. The van der Waals surface area contributed by atoms with E-state index in [0.717, 1.165) is 16.7 Å². The Bertz CT molecular complexity index is 970. The fourth-order valence-corrected chi connectivity index (χ4v) is 3.83. The van der Waals surface area contributed by atoms with Gasteiger partial charge in [-0.2, -0.15) is 0 Å². The Labute approximate surface area is 189 Å². The molecule has 172 valence electrons. The molecule has 32 heavy (non-hydrogen) atoms. The second kappa shape index (κ2) is 10.9. The molecular weight excluding hydrogens is 408 g/mol. The SMILES string of the molecule is CCC(C(=O)Nc1c(C)cc(C)cc1C(=O)OC)[N+](C)(C)CC(=O)OCc1ccccc1. The van der Waals surface area contributed by atoms with E-state index >= 15 is 0 Å². The van der Waals surface area contributed by atoms with Gasteiger partial charge < -0.3 is 19.3 Å². The van der Waals surface area contributed by atoms with Gasteiger partial charge in [0.15, 0.2) is 12.6 Å². The summed E-state index contributed by atoms with van der Waals surface area (Å²) in [6.07, 6.45) is 0.503. The Kier molecular flexibility index (Phi) is 8.55. The lowest BCUT2D eigenvalue weighted by Crippen LogP contribution is -2.56. The molecule has 0 spiro atoms. The van der Waals surface area contributed by atoms with Gasteiger partial charge in [-0.05, 0) is 36.6 Å². The number of aryl methyl sites for hydroxylation is 2. The number of anilines is 1. The molecule has 0 aliphatic carbocycles. The summed E-state index contributed by atoms with van der Waals surface area (Å²) in [5, 5.41) is 2.90. The van der Waals surface area contributed by atoms with Crippen LogP contribution in [0.5, 0.6) is 0 Å². The summed E-state index contributed by atoms with van der Waals surface area (Å²) in [6.45, 7) is 5.82. The Hall–Kier alpha value is -3.19. The van der Waals surface area contributed by atoms with E-state index in [9.17, 15) is 14.4 Å². The molecule has 0 aliphatic heterocycles. The van der Waals surface area contributed by atoms with Crippen LogP contribution < -0.4 is 5.32 Å². The van der Waals surface area contributed by atoms with Crippen molar-refractivity contribution in [2.45, 2.75) is 39.8 Å². The molecule has 0 radical (unpaired) electrons. The zero-order chi connectivity index (χ0) is 23.9. The van der Waals surface area contributed by atoms with Crippen LogP contribution in [0.4, 0.5) is 5.69 Å². The van der Waals surface area contributed by atoms with Gasteiger partial charge >= 0.3 is 11.9 Å². The topological polar surface area (TPSA) is 81.7 Å². The van der Waals surface area contributed by atoms with Crippen molar-refractivity contribution in [2.24, 2.45) is 0 Å². The minimum Gasteiger partial charge on any atom is -0.465 e. The highest BCUT2D eigenvalue weighted by Gasteiger charge is 2.36. The lowest BCUT2D eigenvalue weighted by molar-refractivity contribution is -0.898. The van der Waals surface area contributed by atoms with Crippen LogP contribution in [0.25, 0.3) is 0 Å². The molecule has 2 rings (SSSR count). The van der Waals surface area contributed by atoms with Crippen molar-refractivity contribution in [3.63, 3.8) is 0 Å². The van der Waals surface area contributed by atoms with Gasteiger partial charge in [0.1, 0.15) is 6.61 Å². The molecule has 2 aromatic rings. The predicted molar refractivity (Wildman–Crippen MR) is 123 cm³/mol. The number of carbonyl (C=O) groups excluding carboxylic acids is 3. The summed E-state index contributed by atoms with van der Waals surface area (Å²) in [7, 11) is 4.95. The number of amides is 1. The van der Waals surface area contributed by atoms with Crippen LogP contribution in [-0.4, -0.2) is 56.1 Å². The van der Waals surface area contributed by atoms with Crippen LogP contribution in [0, 0.1) is 13.8 Å². The number of hydrogen-bond donors (Lipinski definition) is 1. The quantitative estimate of drug-likeness (QED) is 0.475.